The van der Waals surface area contributed by atoms with Gasteiger partial charge in [0.1, 0.15) is 5.82 Å². The number of halogens is 1. The molecule has 1 fully saturated rings. The molecule has 0 spiro atoms. The first-order valence-corrected chi connectivity index (χ1v) is 8.73. The van der Waals surface area contributed by atoms with Crippen molar-refractivity contribution in [2.45, 2.75) is 12.5 Å². The van der Waals surface area contributed by atoms with Crippen LogP contribution in [-0.4, -0.2) is 46.3 Å². The van der Waals surface area contributed by atoms with Gasteiger partial charge < -0.3 is 15.0 Å². The van der Waals surface area contributed by atoms with E-state index in [1.54, 1.807) is 19.2 Å². The number of rotatable bonds is 4. The Bertz CT molecular complexity index is 1000. The highest BCUT2D eigenvalue weighted by atomic mass is 35.5. The molecule has 10 heteroatoms. The fourth-order valence-corrected chi connectivity index (χ4v) is 3.25. The van der Waals surface area contributed by atoms with E-state index in [-0.39, 0.29) is 22.3 Å². The van der Waals surface area contributed by atoms with Crippen LogP contribution in [0.3, 0.4) is 0 Å². The van der Waals surface area contributed by atoms with Crippen molar-refractivity contribution in [1.82, 2.24) is 19.4 Å². The Kier molecular flexibility index (Phi) is 5.22. The summed E-state index contributed by atoms with van der Waals surface area (Å²) in [7, 11) is 4.51. The zero-order chi connectivity index (χ0) is 19.7. The van der Waals surface area contributed by atoms with E-state index in [4.69, 9.17) is 16.3 Å². The molecule has 1 aliphatic rings. The molecule has 0 radical (unpaired) electrons. The first-order valence-electron chi connectivity index (χ1n) is 8.35. The van der Waals surface area contributed by atoms with E-state index in [2.05, 4.69) is 10.3 Å². The zero-order valence-electron chi connectivity index (χ0n) is 15.2. The molecule has 3 heterocycles. The lowest BCUT2D eigenvalue weighted by molar-refractivity contribution is 0.0934. The summed E-state index contributed by atoms with van der Waals surface area (Å²) < 4.78 is 7.50. The van der Waals surface area contributed by atoms with Gasteiger partial charge >= 0.3 is 5.69 Å². The van der Waals surface area contributed by atoms with Gasteiger partial charge in [-0.15, -0.1) is 0 Å². The molecule has 2 aromatic heterocycles. The van der Waals surface area contributed by atoms with Crippen LogP contribution in [0.5, 0.6) is 5.88 Å². The zero-order valence-corrected chi connectivity index (χ0v) is 16.0. The number of ether oxygens (including phenoxy) is 1. The molecular formula is C17H20ClN5O4. The number of pyridine rings is 1. The largest absolute Gasteiger partial charge is 0.481 e. The smallest absolute Gasteiger partial charge is 0.332 e. The second-order valence-corrected chi connectivity index (χ2v) is 6.74. The molecule has 1 aliphatic heterocycles. The van der Waals surface area contributed by atoms with Crippen LogP contribution in [0.15, 0.2) is 27.8 Å². The van der Waals surface area contributed by atoms with Crippen LogP contribution >= 0.6 is 11.6 Å². The molecule has 1 atom stereocenters. The molecule has 1 N–H and O–H groups in total. The van der Waals surface area contributed by atoms with Crippen molar-refractivity contribution in [2.75, 3.05) is 25.1 Å². The molecule has 3 rings (SSSR count). The fourth-order valence-electron chi connectivity index (χ4n) is 3.06. The Balaban J connectivity index is 1.75. The number of aromatic nitrogens is 3. The van der Waals surface area contributed by atoms with Gasteiger partial charge in [-0.2, -0.15) is 0 Å². The first kappa shape index (κ1) is 19.0. The van der Waals surface area contributed by atoms with Gasteiger partial charge in [-0.05, 0) is 12.5 Å². The molecule has 27 heavy (non-hydrogen) atoms. The quantitative estimate of drug-likeness (QED) is 0.794. The summed E-state index contributed by atoms with van der Waals surface area (Å²) in [5, 5.41) is 3.13. The maximum atomic E-state index is 12.5. The van der Waals surface area contributed by atoms with Crippen LogP contribution in [0.1, 0.15) is 16.9 Å². The Hall–Kier alpha value is -2.81. The minimum atomic E-state index is -0.399. The van der Waals surface area contributed by atoms with Crippen LogP contribution in [0, 0.1) is 0 Å². The van der Waals surface area contributed by atoms with Crippen LogP contribution in [0.25, 0.3) is 0 Å². The van der Waals surface area contributed by atoms with Gasteiger partial charge in [0.2, 0.25) is 5.88 Å². The summed E-state index contributed by atoms with van der Waals surface area (Å²) in [5.74, 6) is 0.425. The summed E-state index contributed by atoms with van der Waals surface area (Å²) in [5.41, 5.74) is -0.666. The third-order valence-electron chi connectivity index (χ3n) is 4.59. The fraction of sp³-hybridized carbons (Fsp3) is 0.412. The number of hydrogen-bond donors (Lipinski definition) is 1. The Morgan fingerprint density at radius 3 is 2.74 bits per heavy atom. The highest BCUT2D eigenvalue weighted by Crippen LogP contribution is 2.20. The first-order chi connectivity index (χ1) is 12.8. The molecule has 1 saturated heterocycles. The number of anilines is 1. The molecule has 2 aromatic rings. The number of nitrogens with one attached hydrogen (secondary N) is 1. The molecule has 9 nitrogen and oxygen atoms in total. The second kappa shape index (κ2) is 7.43. The number of amides is 1. The van der Waals surface area contributed by atoms with Gasteiger partial charge in [-0.25, -0.2) is 9.78 Å². The molecule has 0 aliphatic carbocycles. The van der Waals surface area contributed by atoms with Gasteiger partial charge in [-0.3, -0.25) is 18.7 Å². The maximum Gasteiger partial charge on any atom is 0.332 e. The molecule has 144 valence electrons. The van der Waals surface area contributed by atoms with E-state index in [9.17, 15) is 14.4 Å². The number of carbonyl (C=O) groups is 1. The second-order valence-electron chi connectivity index (χ2n) is 6.33. The van der Waals surface area contributed by atoms with Crippen molar-refractivity contribution in [3.8, 4) is 5.88 Å². The summed E-state index contributed by atoms with van der Waals surface area (Å²) >= 11 is 6.06. The van der Waals surface area contributed by atoms with E-state index in [1.807, 2.05) is 4.90 Å². The van der Waals surface area contributed by atoms with Crippen molar-refractivity contribution in [3.63, 3.8) is 0 Å². The average Bonchev–Trinajstić information content (AvgIpc) is 3.11. The van der Waals surface area contributed by atoms with Gasteiger partial charge in [0.05, 0.1) is 12.1 Å². The van der Waals surface area contributed by atoms with Gasteiger partial charge in [-0.1, -0.05) is 11.6 Å². The minimum absolute atomic E-state index is 0.0930. The van der Waals surface area contributed by atoms with Gasteiger partial charge in [0.15, 0.2) is 5.69 Å². The number of nitrogens with zero attached hydrogens (tertiary/aromatic N) is 4. The molecule has 0 bridgehead atoms. The van der Waals surface area contributed by atoms with Crippen LogP contribution < -0.4 is 26.2 Å². The Morgan fingerprint density at radius 1 is 1.30 bits per heavy atom. The lowest BCUT2D eigenvalue weighted by atomic mass is 10.2. The standard InChI is InChI=1S/C17H20ClN5O4/c1-21-13(8-14(24)22(2)17(21)26)23-7-6-10(9-23)19-16(25)15-11(18)4-5-12(20-15)27-3/h4-5,8,10H,6-7,9H2,1-3H3,(H,19,25)/t10-/m0/s1. The van der Waals surface area contributed by atoms with Crippen LogP contribution in [0.4, 0.5) is 5.82 Å². The van der Waals surface area contributed by atoms with E-state index in [0.717, 1.165) is 4.57 Å². The summed E-state index contributed by atoms with van der Waals surface area (Å²) in [6, 6.07) is 4.39. The Morgan fingerprint density at radius 2 is 2.04 bits per heavy atom. The highest BCUT2D eigenvalue weighted by molar-refractivity contribution is 6.33. The monoisotopic (exact) mass is 393 g/mol. The van der Waals surface area contributed by atoms with Crippen LogP contribution in [-0.2, 0) is 14.1 Å². The van der Waals surface area contributed by atoms with Crippen LogP contribution in [0.2, 0.25) is 5.02 Å². The lowest BCUT2D eigenvalue weighted by Gasteiger charge is -2.21. The Labute approximate surface area is 160 Å². The van der Waals surface area contributed by atoms with E-state index in [1.165, 1.54) is 24.8 Å². The van der Waals surface area contributed by atoms with E-state index in [0.29, 0.717) is 31.2 Å². The third kappa shape index (κ3) is 3.68. The lowest BCUT2D eigenvalue weighted by Crippen LogP contribution is -2.41. The van der Waals surface area contributed by atoms with Gasteiger partial charge in [0.25, 0.3) is 11.5 Å². The number of methoxy groups -OCH3 is 1. The number of hydrogen-bond acceptors (Lipinski definition) is 6. The third-order valence-corrected chi connectivity index (χ3v) is 4.90. The van der Waals surface area contributed by atoms with Crippen molar-refractivity contribution in [1.29, 1.82) is 0 Å². The van der Waals surface area contributed by atoms with E-state index < -0.39 is 11.6 Å². The topological polar surface area (TPSA) is 98.5 Å². The molecule has 0 unspecified atom stereocenters. The molecule has 0 saturated carbocycles. The summed E-state index contributed by atoms with van der Waals surface area (Å²) in [4.78, 5) is 42.5. The molecule has 1 amide bonds. The molecular weight excluding hydrogens is 374 g/mol. The minimum Gasteiger partial charge on any atom is -0.481 e. The van der Waals surface area contributed by atoms with Crippen molar-refractivity contribution >= 4 is 23.3 Å². The SMILES string of the molecule is COc1ccc(Cl)c(C(=O)N[C@H]2CCN(c3cc(=O)n(C)c(=O)n3C)C2)n1. The van der Waals surface area contributed by atoms with Crippen molar-refractivity contribution in [2.24, 2.45) is 14.1 Å². The average molecular weight is 394 g/mol. The summed E-state index contributed by atoms with van der Waals surface area (Å²) in [6.07, 6.45) is 0.663. The van der Waals surface area contributed by atoms with E-state index >= 15 is 0 Å². The number of carbonyl (C=O) groups excluding carboxylic acids is 1. The molecule has 0 aromatic carbocycles. The predicted molar refractivity (Wildman–Crippen MR) is 101 cm³/mol. The van der Waals surface area contributed by atoms with Crippen molar-refractivity contribution < 1.29 is 9.53 Å². The maximum absolute atomic E-state index is 12.5. The van der Waals surface area contributed by atoms with Crippen molar-refractivity contribution in [3.05, 3.63) is 49.8 Å². The highest BCUT2D eigenvalue weighted by Gasteiger charge is 2.27. The normalized spacial score (nSPS) is 16.4. The van der Waals surface area contributed by atoms with Gasteiger partial charge in [0, 0.05) is 45.4 Å². The predicted octanol–water partition coefficient (Wildman–Crippen LogP) is 0.150. The summed E-state index contributed by atoms with van der Waals surface area (Å²) in [6.45, 7) is 1.07.